The lowest BCUT2D eigenvalue weighted by Crippen LogP contribution is -2.66. The number of unbranched alkanes of at least 4 members (excludes halogenated alkanes) is 45. The van der Waals surface area contributed by atoms with Gasteiger partial charge in [0.2, 0.25) is 5.91 Å². The van der Waals surface area contributed by atoms with Crippen molar-refractivity contribution in [3.63, 3.8) is 0 Å². The van der Waals surface area contributed by atoms with Crippen molar-refractivity contribution in [2.24, 2.45) is 0 Å². The molecule has 0 aliphatic carbocycles. The average Bonchev–Trinajstić information content (AvgIpc) is 0.885. The Morgan fingerprint density at radius 2 is 0.667 bits per heavy atom. The predicted octanol–water partition coefficient (Wildman–Crippen LogP) is 11.6. The molecule has 0 saturated carbocycles. The Kier molecular flexibility index (Phi) is 51.9. The molecule has 3 rings (SSSR count). The van der Waals surface area contributed by atoms with Gasteiger partial charge < -0.3 is 89.9 Å². The van der Waals surface area contributed by atoms with Crippen molar-refractivity contribution >= 4 is 5.91 Å². The van der Waals surface area contributed by atoms with Crippen LogP contribution < -0.4 is 5.32 Å². The summed E-state index contributed by atoms with van der Waals surface area (Å²) in [6.07, 6.45) is 37.8. The largest absolute Gasteiger partial charge is 0.394 e. The molecule has 0 aromatic heterocycles. The first kappa shape index (κ1) is 85.8. The SMILES string of the molecule is CCCCCCCCCCCCCCCCCCCCCCCCCCCCCCCC/C=C/C(O)C(COC1OC(CO)C(OC2OC(CO)C(OC3OC(CO)C(O)C(O)C3O)C(O)C2O)C(O)C1O)NC(=O)CCCCCCCCCCCCCCCCCC. The maximum Gasteiger partial charge on any atom is 0.220 e. The fourth-order valence-electron chi connectivity index (χ4n) is 13.4. The topological polar surface area (TPSA) is 307 Å². The van der Waals surface area contributed by atoms with Gasteiger partial charge in [0.25, 0.3) is 0 Å². The first-order valence-corrected chi connectivity index (χ1v) is 38.4. The van der Waals surface area contributed by atoms with Crippen LogP contribution in [0, 0.1) is 0 Å². The van der Waals surface area contributed by atoms with Crippen LogP contribution in [-0.2, 0) is 33.2 Å². The van der Waals surface area contributed by atoms with Gasteiger partial charge in [-0.25, -0.2) is 0 Å². The summed E-state index contributed by atoms with van der Waals surface area (Å²) < 4.78 is 34.4. The average molecular weight is 1330 g/mol. The van der Waals surface area contributed by atoms with Crippen molar-refractivity contribution in [2.75, 3.05) is 26.4 Å². The number of hydrogen-bond donors (Lipinski definition) is 12. The Hall–Kier alpha value is -1.47. The minimum Gasteiger partial charge on any atom is -0.394 e. The lowest BCUT2D eigenvalue weighted by molar-refractivity contribution is -0.379. The number of carbonyl (C=O) groups is 1. The van der Waals surface area contributed by atoms with E-state index in [9.17, 15) is 61.0 Å². The summed E-state index contributed by atoms with van der Waals surface area (Å²) in [5, 5.41) is 121. The van der Waals surface area contributed by atoms with Gasteiger partial charge in [-0.05, 0) is 19.3 Å². The molecule has 19 heteroatoms. The molecule has 3 aliphatic rings. The van der Waals surface area contributed by atoms with Gasteiger partial charge >= 0.3 is 0 Å². The van der Waals surface area contributed by atoms with E-state index < -0.39 is 124 Å². The molecule has 12 N–H and O–H groups in total. The Balaban J connectivity index is 1.37. The zero-order valence-corrected chi connectivity index (χ0v) is 58.5. The van der Waals surface area contributed by atoms with Crippen LogP contribution in [0.15, 0.2) is 12.2 Å². The molecule has 3 fully saturated rings. The Morgan fingerprint density at radius 1 is 0.376 bits per heavy atom. The lowest BCUT2D eigenvalue weighted by atomic mass is 9.96. The number of aliphatic hydroxyl groups is 11. The van der Waals surface area contributed by atoms with Crippen molar-refractivity contribution in [2.45, 2.75) is 426 Å². The number of amides is 1. The van der Waals surface area contributed by atoms with Gasteiger partial charge in [0.15, 0.2) is 18.9 Å². The van der Waals surface area contributed by atoms with E-state index in [1.54, 1.807) is 6.08 Å². The van der Waals surface area contributed by atoms with Gasteiger partial charge in [0.05, 0.1) is 38.6 Å². The molecule has 0 aromatic carbocycles. The van der Waals surface area contributed by atoms with Crippen LogP contribution in [0.3, 0.4) is 0 Å². The molecule has 19 nitrogen and oxygen atoms in total. The number of nitrogens with one attached hydrogen (secondary N) is 1. The van der Waals surface area contributed by atoms with E-state index in [0.717, 1.165) is 44.9 Å². The quantitative estimate of drug-likeness (QED) is 0.0199. The number of allylic oxidation sites excluding steroid dienone is 1. The van der Waals surface area contributed by atoms with E-state index >= 15 is 0 Å². The Labute approximate surface area is 563 Å². The molecular formula is C74H141NO18. The maximum absolute atomic E-state index is 13.4. The summed E-state index contributed by atoms with van der Waals surface area (Å²) in [6, 6.07) is -0.969. The third-order valence-electron chi connectivity index (χ3n) is 19.6. The molecule has 17 unspecified atom stereocenters. The molecule has 3 heterocycles. The van der Waals surface area contributed by atoms with Crippen molar-refractivity contribution in [1.29, 1.82) is 0 Å². The normalized spacial score (nSPS) is 27.5. The van der Waals surface area contributed by atoms with E-state index in [-0.39, 0.29) is 18.9 Å². The molecule has 93 heavy (non-hydrogen) atoms. The summed E-state index contributed by atoms with van der Waals surface area (Å²) in [5.74, 6) is -0.269. The number of rotatable bonds is 61. The highest BCUT2D eigenvalue weighted by atomic mass is 16.8. The highest BCUT2D eigenvalue weighted by Gasteiger charge is 2.53. The predicted molar refractivity (Wildman–Crippen MR) is 365 cm³/mol. The third-order valence-corrected chi connectivity index (χ3v) is 19.6. The van der Waals surface area contributed by atoms with E-state index in [4.69, 9.17) is 28.4 Å². The smallest absolute Gasteiger partial charge is 0.220 e. The zero-order chi connectivity index (χ0) is 67.5. The van der Waals surface area contributed by atoms with Gasteiger partial charge in [-0.15, -0.1) is 0 Å². The van der Waals surface area contributed by atoms with Gasteiger partial charge in [-0.2, -0.15) is 0 Å². The molecule has 1 amide bonds. The summed E-state index contributed by atoms with van der Waals surface area (Å²) in [6.45, 7) is 1.78. The number of carbonyl (C=O) groups excluding carboxylic acids is 1. The van der Waals surface area contributed by atoms with Gasteiger partial charge in [-0.1, -0.05) is 309 Å². The monoisotopic (exact) mass is 1330 g/mol. The molecule has 17 atom stereocenters. The molecule has 3 saturated heterocycles. The van der Waals surface area contributed by atoms with Crippen molar-refractivity contribution in [1.82, 2.24) is 5.32 Å². The van der Waals surface area contributed by atoms with Crippen molar-refractivity contribution < 1.29 is 89.4 Å². The zero-order valence-electron chi connectivity index (χ0n) is 58.5. The van der Waals surface area contributed by atoms with Crippen LogP contribution in [0.25, 0.3) is 0 Å². The molecule has 3 aliphatic heterocycles. The summed E-state index contributed by atoms with van der Waals surface area (Å²) in [4.78, 5) is 13.4. The second-order valence-electron chi connectivity index (χ2n) is 27.8. The van der Waals surface area contributed by atoms with E-state index in [1.807, 2.05) is 6.08 Å². The lowest BCUT2D eigenvalue weighted by Gasteiger charge is -2.48. The highest BCUT2D eigenvalue weighted by Crippen LogP contribution is 2.33. The van der Waals surface area contributed by atoms with Crippen LogP contribution in [-0.4, -0.2) is 193 Å². The summed E-state index contributed by atoms with van der Waals surface area (Å²) in [7, 11) is 0. The molecule has 0 spiro atoms. The van der Waals surface area contributed by atoms with Crippen LogP contribution in [0.5, 0.6) is 0 Å². The first-order valence-electron chi connectivity index (χ1n) is 38.4. The van der Waals surface area contributed by atoms with Crippen LogP contribution in [0.2, 0.25) is 0 Å². The minimum absolute atomic E-state index is 0.249. The Bertz CT molecular complexity index is 1730. The minimum atomic E-state index is -1.98. The van der Waals surface area contributed by atoms with E-state index in [0.29, 0.717) is 6.42 Å². The fraction of sp³-hybridized carbons (Fsp3) is 0.959. The third kappa shape index (κ3) is 37.5. The van der Waals surface area contributed by atoms with Crippen LogP contribution in [0.4, 0.5) is 0 Å². The molecule has 550 valence electrons. The van der Waals surface area contributed by atoms with Crippen LogP contribution in [0.1, 0.15) is 322 Å². The summed E-state index contributed by atoms with van der Waals surface area (Å²) in [5.41, 5.74) is 0. The summed E-state index contributed by atoms with van der Waals surface area (Å²) >= 11 is 0. The fourth-order valence-corrected chi connectivity index (χ4v) is 13.4. The standard InChI is InChI=1S/C74H141NO18/c1-3-5-7-9-11-13-15-17-19-21-22-23-24-25-26-27-28-29-30-31-32-33-34-35-36-37-39-41-43-45-47-49-51-58(79)57(75-62(80)52-50-48-46-44-42-40-38-20-18-16-14-12-10-8-6-4-2)56-88-72-68(86)65(83)70(60(54-77)90-72)93-74-69(87)66(84)71(61(55-78)91-74)92-73-67(85)64(82)63(81)59(53-76)89-73/h49,51,57-61,63-74,76-79,81-87H,3-48,50,52-56H2,1-2H3,(H,75,80)/b51-49+. The number of ether oxygens (including phenoxy) is 6. The van der Waals surface area contributed by atoms with Crippen LogP contribution >= 0.6 is 0 Å². The second-order valence-corrected chi connectivity index (χ2v) is 27.8. The van der Waals surface area contributed by atoms with Gasteiger partial charge in [-0.3, -0.25) is 4.79 Å². The highest BCUT2D eigenvalue weighted by molar-refractivity contribution is 5.76. The number of hydrogen-bond acceptors (Lipinski definition) is 18. The maximum atomic E-state index is 13.4. The van der Waals surface area contributed by atoms with Crippen molar-refractivity contribution in [3.8, 4) is 0 Å². The Morgan fingerprint density at radius 3 is 1.01 bits per heavy atom. The second kappa shape index (κ2) is 56.3. The first-order chi connectivity index (χ1) is 45.3. The molecule has 0 aromatic rings. The van der Waals surface area contributed by atoms with E-state index in [1.165, 1.54) is 250 Å². The van der Waals surface area contributed by atoms with E-state index in [2.05, 4.69) is 19.2 Å². The number of aliphatic hydroxyl groups excluding tert-OH is 11. The molecule has 0 radical (unpaired) electrons. The van der Waals surface area contributed by atoms with Gasteiger partial charge in [0, 0.05) is 6.42 Å². The van der Waals surface area contributed by atoms with Crippen molar-refractivity contribution in [3.05, 3.63) is 12.2 Å². The molecular weight excluding hydrogens is 1190 g/mol. The van der Waals surface area contributed by atoms with Gasteiger partial charge in [0.1, 0.15) is 73.2 Å². The molecule has 0 bridgehead atoms.